The Labute approximate surface area is 132 Å². The van der Waals surface area contributed by atoms with E-state index in [4.69, 9.17) is 11.6 Å². The van der Waals surface area contributed by atoms with Crippen LogP contribution in [0.4, 0.5) is 0 Å². The molecule has 4 atom stereocenters. The molecule has 0 bridgehead atoms. The lowest BCUT2D eigenvalue weighted by Gasteiger charge is -2.42. The van der Waals surface area contributed by atoms with Crippen molar-refractivity contribution < 1.29 is 10.2 Å². The molecule has 0 saturated heterocycles. The van der Waals surface area contributed by atoms with Gasteiger partial charge in [0, 0.05) is 11.6 Å². The van der Waals surface area contributed by atoms with Crippen LogP contribution in [-0.2, 0) is 0 Å². The quantitative estimate of drug-likeness (QED) is 0.788. The zero-order valence-corrected chi connectivity index (χ0v) is 13.6. The van der Waals surface area contributed by atoms with Gasteiger partial charge in [0.15, 0.2) is 0 Å². The van der Waals surface area contributed by atoms with Crippen molar-refractivity contribution in [2.75, 3.05) is 6.61 Å². The predicted molar refractivity (Wildman–Crippen MR) is 87.8 cm³/mol. The largest absolute Gasteiger partial charge is 0.508 e. The van der Waals surface area contributed by atoms with Gasteiger partial charge in [-0.2, -0.15) is 0 Å². The van der Waals surface area contributed by atoms with E-state index in [2.05, 4.69) is 20.4 Å². The summed E-state index contributed by atoms with van der Waals surface area (Å²) in [6, 6.07) is 5.27. The average molecular weight is 309 g/mol. The molecular weight excluding hydrogens is 284 g/mol. The number of rotatable bonds is 4. The molecule has 2 nitrogen and oxygen atoms in total. The number of aliphatic hydroxyl groups excluding tert-OH is 1. The van der Waals surface area contributed by atoms with E-state index >= 15 is 0 Å². The second kappa shape index (κ2) is 6.85. The third kappa shape index (κ3) is 3.44. The van der Waals surface area contributed by atoms with E-state index in [-0.39, 0.29) is 12.4 Å². The van der Waals surface area contributed by atoms with E-state index in [1.807, 2.05) is 6.07 Å². The highest BCUT2D eigenvalue weighted by Crippen LogP contribution is 2.49. The minimum atomic E-state index is 0.206. The minimum absolute atomic E-state index is 0.206. The average Bonchev–Trinajstić information content (AvgIpc) is 2.41. The van der Waals surface area contributed by atoms with Gasteiger partial charge in [-0.15, -0.1) is 0 Å². The van der Waals surface area contributed by atoms with Crippen molar-refractivity contribution >= 4 is 11.6 Å². The number of hydrogen-bond acceptors (Lipinski definition) is 2. The summed E-state index contributed by atoms with van der Waals surface area (Å²) in [6.07, 6.45) is 3.02. The lowest BCUT2D eigenvalue weighted by molar-refractivity contribution is 0.134. The lowest BCUT2D eigenvalue weighted by Crippen LogP contribution is -2.33. The van der Waals surface area contributed by atoms with Gasteiger partial charge < -0.3 is 10.2 Å². The second-order valence-electron chi connectivity index (χ2n) is 6.39. The van der Waals surface area contributed by atoms with Crippen LogP contribution in [0, 0.1) is 17.8 Å². The summed E-state index contributed by atoms with van der Waals surface area (Å²) in [7, 11) is 0. The van der Waals surface area contributed by atoms with Gasteiger partial charge in [0.05, 0.1) is 0 Å². The Kier molecular flexibility index (Phi) is 5.34. The molecule has 1 fully saturated rings. The smallest absolute Gasteiger partial charge is 0.117 e. The summed E-state index contributed by atoms with van der Waals surface area (Å²) in [6.45, 7) is 8.80. The molecule has 2 N–H and O–H groups in total. The number of benzene rings is 1. The highest BCUT2D eigenvalue weighted by Gasteiger charge is 2.38. The normalized spacial score (nSPS) is 29.3. The molecule has 2 rings (SSSR count). The van der Waals surface area contributed by atoms with Gasteiger partial charge in [-0.3, -0.25) is 0 Å². The van der Waals surface area contributed by atoms with Crippen LogP contribution in [0.5, 0.6) is 5.75 Å². The Morgan fingerprint density at radius 1 is 1.38 bits per heavy atom. The molecule has 0 radical (unpaired) electrons. The van der Waals surface area contributed by atoms with Gasteiger partial charge in [-0.25, -0.2) is 0 Å². The Balaban J connectivity index is 2.32. The molecule has 0 aliphatic heterocycles. The van der Waals surface area contributed by atoms with E-state index in [9.17, 15) is 10.2 Å². The molecule has 21 heavy (non-hydrogen) atoms. The summed E-state index contributed by atoms with van der Waals surface area (Å²) >= 11 is 6.35. The number of phenols is 1. The van der Waals surface area contributed by atoms with E-state index in [1.54, 1.807) is 12.1 Å². The molecule has 1 aliphatic rings. The maximum absolute atomic E-state index is 9.55. The SMILES string of the molecule is C=C(C)C1C(c2ccc(O)cc2Cl)CCC(CCO)C1C. The van der Waals surface area contributed by atoms with Crippen molar-refractivity contribution in [3.05, 3.63) is 40.9 Å². The Morgan fingerprint density at radius 2 is 2.10 bits per heavy atom. The minimum Gasteiger partial charge on any atom is -0.508 e. The number of hydrogen-bond donors (Lipinski definition) is 2. The first kappa shape index (κ1) is 16.4. The second-order valence-corrected chi connectivity index (χ2v) is 6.80. The first-order valence-electron chi connectivity index (χ1n) is 7.70. The third-order valence-corrected chi connectivity index (χ3v) is 5.37. The number of aliphatic hydroxyl groups is 1. The first-order valence-corrected chi connectivity index (χ1v) is 8.08. The molecule has 0 aromatic heterocycles. The van der Waals surface area contributed by atoms with Crippen LogP contribution in [-0.4, -0.2) is 16.8 Å². The molecule has 4 unspecified atom stereocenters. The van der Waals surface area contributed by atoms with Crippen molar-refractivity contribution in [1.82, 2.24) is 0 Å². The number of phenolic OH excluding ortho intramolecular Hbond substituents is 1. The molecule has 1 saturated carbocycles. The fourth-order valence-electron chi connectivity index (χ4n) is 4.03. The maximum atomic E-state index is 9.55. The van der Waals surface area contributed by atoms with E-state index < -0.39 is 0 Å². The summed E-state index contributed by atoms with van der Waals surface area (Å²) in [5.41, 5.74) is 2.29. The first-order chi connectivity index (χ1) is 9.95. The van der Waals surface area contributed by atoms with E-state index in [0.29, 0.717) is 28.7 Å². The van der Waals surface area contributed by atoms with Crippen LogP contribution in [0.2, 0.25) is 5.02 Å². The number of aromatic hydroxyl groups is 1. The highest BCUT2D eigenvalue weighted by atomic mass is 35.5. The Hall–Kier alpha value is -0.990. The zero-order chi connectivity index (χ0) is 15.6. The van der Waals surface area contributed by atoms with Crippen LogP contribution in [0.1, 0.15) is 44.6 Å². The lowest BCUT2D eigenvalue weighted by atomic mass is 9.62. The molecule has 1 aromatic rings. The molecule has 0 spiro atoms. The van der Waals surface area contributed by atoms with Crippen molar-refractivity contribution in [3.8, 4) is 5.75 Å². The predicted octanol–water partition coefficient (Wildman–Crippen LogP) is 4.75. The Morgan fingerprint density at radius 3 is 2.67 bits per heavy atom. The van der Waals surface area contributed by atoms with Crippen LogP contribution >= 0.6 is 11.6 Å². The third-order valence-electron chi connectivity index (χ3n) is 5.04. The number of halogens is 1. The molecule has 116 valence electrons. The van der Waals surface area contributed by atoms with Crippen molar-refractivity contribution in [3.63, 3.8) is 0 Å². The van der Waals surface area contributed by atoms with E-state index in [0.717, 1.165) is 24.8 Å². The Bertz CT molecular complexity index is 512. The summed E-state index contributed by atoms with van der Waals surface area (Å²) < 4.78 is 0. The van der Waals surface area contributed by atoms with Gasteiger partial charge >= 0.3 is 0 Å². The van der Waals surface area contributed by atoms with Gasteiger partial charge in [0.1, 0.15) is 5.75 Å². The monoisotopic (exact) mass is 308 g/mol. The van der Waals surface area contributed by atoms with Crippen molar-refractivity contribution in [2.45, 2.75) is 39.0 Å². The molecular formula is C18H25ClO2. The van der Waals surface area contributed by atoms with Crippen LogP contribution in [0.25, 0.3) is 0 Å². The standard InChI is InChI=1S/C18H25ClO2/c1-11(2)18-12(3)13(8-9-20)4-6-16(18)15-7-5-14(21)10-17(15)19/h5,7,10,12-13,16,18,20-21H,1,4,6,8-9H2,2-3H3. The molecule has 1 aliphatic carbocycles. The van der Waals surface area contributed by atoms with Gasteiger partial charge in [-0.05, 0) is 67.6 Å². The molecule has 0 heterocycles. The zero-order valence-electron chi connectivity index (χ0n) is 12.8. The fourth-order valence-corrected chi connectivity index (χ4v) is 4.34. The van der Waals surface area contributed by atoms with Gasteiger partial charge in [-0.1, -0.05) is 36.7 Å². The summed E-state index contributed by atoms with van der Waals surface area (Å²) in [5, 5.41) is 19.4. The molecule has 3 heteroatoms. The fraction of sp³-hybridized carbons (Fsp3) is 0.556. The summed E-state index contributed by atoms with van der Waals surface area (Å²) in [5.74, 6) is 1.96. The maximum Gasteiger partial charge on any atom is 0.117 e. The highest BCUT2D eigenvalue weighted by molar-refractivity contribution is 6.31. The van der Waals surface area contributed by atoms with Crippen molar-refractivity contribution in [1.29, 1.82) is 0 Å². The van der Waals surface area contributed by atoms with Crippen LogP contribution in [0.15, 0.2) is 30.4 Å². The summed E-state index contributed by atoms with van der Waals surface area (Å²) in [4.78, 5) is 0. The molecule has 1 aromatic carbocycles. The van der Waals surface area contributed by atoms with Crippen molar-refractivity contribution in [2.24, 2.45) is 17.8 Å². The van der Waals surface area contributed by atoms with E-state index in [1.165, 1.54) is 5.57 Å². The van der Waals surface area contributed by atoms with Gasteiger partial charge in [0.2, 0.25) is 0 Å². The molecule has 0 amide bonds. The van der Waals surface area contributed by atoms with Crippen LogP contribution < -0.4 is 0 Å². The number of allylic oxidation sites excluding steroid dienone is 1. The topological polar surface area (TPSA) is 40.5 Å². The van der Waals surface area contributed by atoms with Gasteiger partial charge in [0.25, 0.3) is 0 Å². The van der Waals surface area contributed by atoms with Crippen LogP contribution in [0.3, 0.4) is 0 Å².